The number of benzene rings is 1. The van der Waals surface area contributed by atoms with Crippen LogP contribution < -0.4 is 11.1 Å². The molecule has 0 aromatic heterocycles. The van der Waals surface area contributed by atoms with E-state index in [9.17, 15) is 0 Å². The van der Waals surface area contributed by atoms with Crippen molar-refractivity contribution in [1.29, 1.82) is 4.78 Å². The summed E-state index contributed by atoms with van der Waals surface area (Å²) in [7, 11) is -0.195. The van der Waals surface area contributed by atoms with Gasteiger partial charge in [-0.05, 0) is 22.6 Å². The van der Waals surface area contributed by atoms with Crippen molar-refractivity contribution in [3.63, 3.8) is 0 Å². The summed E-state index contributed by atoms with van der Waals surface area (Å²) in [6, 6.07) is 6.90. The summed E-state index contributed by atoms with van der Waals surface area (Å²) in [4.78, 5) is 0. The average Bonchev–Trinajstić information content (AvgIpc) is 2.38. The SMILES string of the molecule is CC(C)c1ccc(CN)cc1C1CS(=N)CCN1. The normalized spacial score (nSPS) is 24.4. The summed E-state index contributed by atoms with van der Waals surface area (Å²) >= 11 is 0. The minimum atomic E-state index is -0.195. The fourth-order valence-corrected chi connectivity index (χ4v) is 3.71. The van der Waals surface area contributed by atoms with Crippen molar-refractivity contribution >= 4 is 10.7 Å². The van der Waals surface area contributed by atoms with Gasteiger partial charge in [0, 0.05) is 30.6 Å². The zero-order valence-corrected chi connectivity index (χ0v) is 12.0. The Bertz CT molecular complexity index is 443. The van der Waals surface area contributed by atoms with E-state index < -0.39 is 0 Å². The average molecular weight is 265 g/mol. The van der Waals surface area contributed by atoms with Crippen molar-refractivity contribution < 1.29 is 0 Å². The van der Waals surface area contributed by atoms with Crippen LogP contribution in [0.3, 0.4) is 0 Å². The maximum Gasteiger partial charge on any atom is 0.0424 e. The van der Waals surface area contributed by atoms with Gasteiger partial charge in [0.15, 0.2) is 0 Å². The third kappa shape index (κ3) is 2.99. The Labute approximate surface area is 112 Å². The van der Waals surface area contributed by atoms with Gasteiger partial charge < -0.3 is 11.1 Å². The lowest BCUT2D eigenvalue weighted by molar-refractivity contribution is 0.582. The van der Waals surface area contributed by atoms with Crippen LogP contribution in [0.2, 0.25) is 0 Å². The molecule has 1 heterocycles. The van der Waals surface area contributed by atoms with Gasteiger partial charge in [0.1, 0.15) is 0 Å². The number of hydrogen-bond donors (Lipinski definition) is 3. The molecule has 0 bridgehead atoms. The van der Waals surface area contributed by atoms with Crippen molar-refractivity contribution in [2.75, 3.05) is 18.1 Å². The fourth-order valence-electron chi connectivity index (χ4n) is 2.48. The lowest BCUT2D eigenvalue weighted by Crippen LogP contribution is -2.36. The molecule has 4 N–H and O–H groups in total. The number of rotatable bonds is 3. The first-order valence-corrected chi connectivity index (χ1v) is 8.13. The van der Waals surface area contributed by atoms with Crippen LogP contribution in [0, 0.1) is 4.78 Å². The van der Waals surface area contributed by atoms with Gasteiger partial charge in [0.25, 0.3) is 0 Å². The van der Waals surface area contributed by atoms with Crippen LogP contribution in [-0.4, -0.2) is 18.1 Å². The molecule has 1 aromatic rings. The summed E-state index contributed by atoms with van der Waals surface area (Å²) < 4.78 is 7.99. The standard InChI is InChI=1S/C14H23N3S/c1-10(2)12-4-3-11(8-15)7-13(12)14-9-18(16)6-5-17-14/h3-4,7,10,14,16-17H,5-6,8-9,15H2,1-2H3. The molecule has 2 unspecified atom stereocenters. The van der Waals surface area contributed by atoms with E-state index in [1.54, 1.807) is 0 Å². The molecule has 0 saturated carbocycles. The molecule has 0 spiro atoms. The van der Waals surface area contributed by atoms with Crippen molar-refractivity contribution in [2.24, 2.45) is 5.73 Å². The quantitative estimate of drug-likeness (QED) is 0.785. The number of nitrogens with one attached hydrogen (secondary N) is 2. The number of nitrogens with two attached hydrogens (primary N) is 1. The largest absolute Gasteiger partial charge is 0.326 e. The Morgan fingerprint density at radius 1 is 1.50 bits per heavy atom. The van der Waals surface area contributed by atoms with Crippen LogP contribution >= 0.6 is 0 Å². The molecule has 0 radical (unpaired) electrons. The molecule has 1 saturated heterocycles. The lowest BCUT2D eigenvalue weighted by atomic mass is 9.91. The van der Waals surface area contributed by atoms with Crippen molar-refractivity contribution in [3.8, 4) is 0 Å². The molecule has 2 atom stereocenters. The molecule has 100 valence electrons. The van der Waals surface area contributed by atoms with Crippen LogP contribution in [-0.2, 0) is 17.2 Å². The van der Waals surface area contributed by atoms with Crippen molar-refractivity contribution in [3.05, 3.63) is 34.9 Å². The summed E-state index contributed by atoms with van der Waals surface area (Å²) in [6.45, 7) is 6.00. The molecular weight excluding hydrogens is 242 g/mol. The Hall–Kier alpha value is -0.710. The third-order valence-corrected chi connectivity index (χ3v) is 4.92. The molecule has 2 rings (SSSR count). The molecule has 1 aliphatic heterocycles. The monoisotopic (exact) mass is 265 g/mol. The van der Waals surface area contributed by atoms with Gasteiger partial charge in [0.05, 0.1) is 0 Å². The molecule has 1 fully saturated rings. The van der Waals surface area contributed by atoms with Crippen LogP contribution in [0.15, 0.2) is 18.2 Å². The second-order valence-electron chi connectivity index (χ2n) is 5.19. The smallest absolute Gasteiger partial charge is 0.0424 e. The second kappa shape index (κ2) is 5.95. The molecule has 1 aliphatic rings. The van der Waals surface area contributed by atoms with E-state index >= 15 is 0 Å². The first kappa shape index (κ1) is 13.7. The topological polar surface area (TPSA) is 61.9 Å². The fraction of sp³-hybridized carbons (Fsp3) is 0.571. The van der Waals surface area contributed by atoms with Crippen molar-refractivity contribution in [2.45, 2.75) is 32.4 Å². The first-order valence-electron chi connectivity index (χ1n) is 6.56. The van der Waals surface area contributed by atoms with Gasteiger partial charge in [-0.15, -0.1) is 10.7 Å². The van der Waals surface area contributed by atoms with Crippen LogP contribution in [0.5, 0.6) is 0 Å². The second-order valence-corrected chi connectivity index (χ2v) is 6.92. The van der Waals surface area contributed by atoms with Crippen LogP contribution in [0.1, 0.15) is 42.5 Å². The Balaban J connectivity index is 2.36. The maximum atomic E-state index is 7.99. The summed E-state index contributed by atoms with van der Waals surface area (Å²) in [6.07, 6.45) is 0. The highest BCUT2D eigenvalue weighted by molar-refractivity contribution is 7.86. The van der Waals surface area contributed by atoms with Gasteiger partial charge in [-0.2, -0.15) is 0 Å². The van der Waals surface area contributed by atoms with E-state index in [1.165, 1.54) is 16.7 Å². The van der Waals surface area contributed by atoms with Crippen molar-refractivity contribution in [1.82, 2.24) is 5.32 Å². The Morgan fingerprint density at radius 2 is 2.28 bits per heavy atom. The lowest BCUT2D eigenvalue weighted by Gasteiger charge is -2.28. The van der Waals surface area contributed by atoms with Gasteiger partial charge in [-0.3, -0.25) is 4.78 Å². The summed E-state index contributed by atoms with van der Waals surface area (Å²) in [5, 5.41) is 3.56. The summed E-state index contributed by atoms with van der Waals surface area (Å²) in [5.74, 6) is 2.45. The van der Waals surface area contributed by atoms with E-state index in [0.29, 0.717) is 18.5 Å². The molecule has 4 heteroatoms. The zero-order valence-electron chi connectivity index (χ0n) is 11.2. The molecule has 0 aliphatic carbocycles. The van der Waals surface area contributed by atoms with E-state index in [2.05, 4.69) is 37.4 Å². The molecule has 1 aromatic carbocycles. The molecule has 0 amide bonds. The van der Waals surface area contributed by atoms with Gasteiger partial charge >= 0.3 is 0 Å². The van der Waals surface area contributed by atoms with Gasteiger partial charge in [-0.1, -0.05) is 32.0 Å². The zero-order chi connectivity index (χ0) is 13.1. The van der Waals surface area contributed by atoms with E-state index in [-0.39, 0.29) is 10.7 Å². The summed E-state index contributed by atoms with van der Waals surface area (Å²) in [5.41, 5.74) is 9.68. The van der Waals surface area contributed by atoms with Crippen LogP contribution in [0.25, 0.3) is 0 Å². The highest BCUT2D eigenvalue weighted by atomic mass is 32.2. The number of hydrogen-bond acceptors (Lipinski definition) is 3. The maximum absolute atomic E-state index is 7.99. The molecule has 3 nitrogen and oxygen atoms in total. The van der Waals surface area contributed by atoms with E-state index in [4.69, 9.17) is 10.5 Å². The predicted octanol–water partition coefficient (Wildman–Crippen LogP) is 2.29. The van der Waals surface area contributed by atoms with E-state index in [0.717, 1.165) is 18.1 Å². The molecule has 18 heavy (non-hydrogen) atoms. The minimum Gasteiger partial charge on any atom is -0.326 e. The van der Waals surface area contributed by atoms with Gasteiger partial charge in [-0.25, -0.2) is 0 Å². The van der Waals surface area contributed by atoms with Crippen LogP contribution in [0.4, 0.5) is 0 Å². The first-order chi connectivity index (χ1) is 8.61. The molecular formula is C14H23N3S. The highest BCUT2D eigenvalue weighted by Gasteiger charge is 2.21. The third-order valence-electron chi connectivity index (χ3n) is 3.49. The van der Waals surface area contributed by atoms with E-state index in [1.807, 2.05) is 0 Å². The highest BCUT2D eigenvalue weighted by Crippen LogP contribution is 2.28. The Morgan fingerprint density at radius 3 is 2.89 bits per heavy atom. The predicted molar refractivity (Wildman–Crippen MR) is 79.0 cm³/mol. The van der Waals surface area contributed by atoms with Gasteiger partial charge in [0.2, 0.25) is 0 Å². The minimum absolute atomic E-state index is 0.195. The Kier molecular flexibility index (Phi) is 4.54.